The Labute approximate surface area is 198 Å². The molecule has 34 heavy (non-hydrogen) atoms. The quantitative estimate of drug-likeness (QED) is 0.660. The second-order valence-corrected chi connectivity index (χ2v) is 9.90. The topological polar surface area (TPSA) is 114 Å². The van der Waals surface area contributed by atoms with E-state index in [1.165, 1.54) is 30.7 Å². The molecular weight excluding hydrogens is 462 g/mol. The summed E-state index contributed by atoms with van der Waals surface area (Å²) in [6.07, 6.45) is -0.0817. The number of nitrogens with one attached hydrogen (secondary N) is 1. The first-order chi connectivity index (χ1) is 16.3. The predicted octanol–water partition coefficient (Wildman–Crippen LogP) is 1.96. The van der Waals surface area contributed by atoms with E-state index in [0.29, 0.717) is 34.9 Å². The summed E-state index contributed by atoms with van der Waals surface area (Å²) in [6, 6.07) is 9.37. The highest BCUT2D eigenvalue weighted by Gasteiger charge is 2.33. The minimum atomic E-state index is -3.82. The summed E-state index contributed by atoms with van der Waals surface area (Å²) >= 11 is 0. The van der Waals surface area contributed by atoms with Crippen LogP contribution in [-0.2, 0) is 14.8 Å². The Kier molecular flexibility index (Phi) is 6.67. The summed E-state index contributed by atoms with van der Waals surface area (Å²) in [5.74, 6) is 0.907. The normalized spacial score (nSPS) is 18.5. The molecule has 2 amide bonds. The molecule has 1 saturated heterocycles. The van der Waals surface area contributed by atoms with Gasteiger partial charge in [0.2, 0.25) is 10.0 Å². The number of fused-ring (bicyclic) bond motifs is 1. The third-order valence-electron chi connectivity index (χ3n) is 5.90. The molecule has 4 rings (SSSR count). The molecule has 2 heterocycles. The fourth-order valence-corrected chi connectivity index (χ4v) is 5.40. The highest BCUT2D eigenvalue weighted by atomic mass is 32.2. The number of sulfonamides is 1. The van der Waals surface area contributed by atoms with Gasteiger partial charge in [0.05, 0.1) is 24.8 Å². The standard InChI is InChI=1S/C23H27N3O7S/c1-4-20-22(27)24-19-14-18(5-6-21(19)33-20)34(29,30)26-9-7-25(8-10-26)23(28)15-11-16(31-2)13-17(12-15)32-3/h5-6,11-14,20H,4,7-10H2,1-3H3,(H,24,27)/t20-/m1/s1. The van der Waals surface area contributed by atoms with Crippen molar-refractivity contribution in [3.63, 3.8) is 0 Å². The molecule has 1 fully saturated rings. The number of hydrogen-bond acceptors (Lipinski definition) is 7. The van der Waals surface area contributed by atoms with E-state index in [-0.39, 0.29) is 42.9 Å². The first kappa shape index (κ1) is 23.8. The average molecular weight is 490 g/mol. The van der Waals surface area contributed by atoms with Crippen LogP contribution in [0.2, 0.25) is 0 Å². The number of rotatable bonds is 6. The van der Waals surface area contributed by atoms with Crippen LogP contribution in [-0.4, -0.2) is 75.9 Å². The van der Waals surface area contributed by atoms with E-state index in [4.69, 9.17) is 14.2 Å². The van der Waals surface area contributed by atoms with E-state index < -0.39 is 16.1 Å². The molecule has 0 unspecified atom stereocenters. The third-order valence-corrected chi connectivity index (χ3v) is 7.80. The third kappa shape index (κ3) is 4.53. The summed E-state index contributed by atoms with van der Waals surface area (Å²) in [4.78, 5) is 26.8. The van der Waals surface area contributed by atoms with Gasteiger partial charge < -0.3 is 24.4 Å². The van der Waals surface area contributed by atoms with Gasteiger partial charge in [-0.1, -0.05) is 6.92 Å². The zero-order valence-corrected chi connectivity index (χ0v) is 20.1. The van der Waals surface area contributed by atoms with Gasteiger partial charge in [0, 0.05) is 37.8 Å². The molecule has 11 heteroatoms. The molecule has 0 saturated carbocycles. The number of nitrogens with zero attached hydrogens (tertiary/aromatic N) is 2. The summed E-state index contributed by atoms with van der Waals surface area (Å²) in [7, 11) is -0.805. The minimum absolute atomic E-state index is 0.0578. The SMILES string of the molecule is CC[C@H]1Oc2ccc(S(=O)(=O)N3CCN(C(=O)c4cc(OC)cc(OC)c4)CC3)cc2NC1=O. The van der Waals surface area contributed by atoms with E-state index in [0.717, 1.165) is 0 Å². The van der Waals surface area contributed by atoms with Crippen molar-refractivity contribution in [3.8, 4) is 17.2 Å². The molecule has 1 atom stereocenters. The van der Waals surface area contributed by atoms with Crippen LogP contribution in [0.1, 0.15) is 23.7 Å². The number of carbonyl (C=O) groups excluding carboxylic acids is 2. The minimum Gasteiger partial charge on any atom is -0.497 e. The largest absolute Gasteiger partial charge is 0.497 e. The fraction of sp³-hybridized carbons (Fsp3) is 0.391. The zero-order valence-electron chi connectivity index (χ0n) is 19.2. The van der Waals surface area contributed by atoms with Gasteiger partial charge in [-0.3, -0.25) is 9.59 Å². The number of anilines is 1. The van der Waals surface area contributed by atoms with E-state index >= 15 is 0 Å². The van der Waals surface area contributed by atoms with Crippen molar-refractivity contribution in [1.29, 1.82) is 0 Å². The Balaban J connectivity index is 1.46. The zero-order chi connectivity index (χ0) is 24.5. The van der Waals surface area contributed by atoms with E-state index in [9.17, 15) is 18.0 Å². The van der Waals surface area contributed by atoms with Crippen molar-refractivity contribution >= 4 is 27.5 Å². The molecule has 1 N–H and O–H groups in total. The lowest BCUT2D eigenvalue weighted by Gasteiger charge is -2.34. The summed E-state index contributed by atoms with van der Waals surface area (Å²) in [5, 5.41) is 2.71. The molecule has 0 aromatic heterocycles. The number of carbonyl (C=O) groups is 2. The highest BCUT2D eigenvalue weighted by molar-refractivity contribution is 7.89. The van der Waals surface area contributed by atoms with Crippen LogP contribution < -0.4 is 19.5 Å². The van der Waals surface area contributed by atoms with Crippen LogP contribution in [0.5, 0.6) is 17.2 Å². The fourth-order valence-electron chi connectivity index (χ4n) is 3.95. The average Bonchev–Trinajstić information content (AvgIpc) is 2.87. The molecule has 0 radical (unpaired) electrons. The van der Waals surface area contributed by atoms with Gasteiger partial charge in [0.15, 0.2) is 6.10 Å². The highest BCUT2D eigenvalue weighted by Crippen LogP contribution is 2.33. The lowest BCUT2D eigenvalue weighted by Crippen LogP contribution is -2.50. The molecule has 10 nitrogen and oxygen atoms in total. The number of methoxy groups -OCH3 is 2. The van der Waals surface area contributed by atoms with E-state index in [1.807, 2.05) is 6.92 Å². The lowest BCUT2D eigenvalue weighted by molar-refractivity contribution is -0.123. The molecule has 2 aromatic rings. The van der Waals surface area contributed by atoms with E-state index in [2.05, 4.69) is 5.32 Å². The molecule has 0 spiro atoms. The van der Waals surface area contributed by atoms with Gasteiger partial charge in [-0.25, -0.2) is 8.42 Å². The van der Waals surface area contributed by atoms with Crippen molar-refractivity contribution < 1.29 is 32.2 Å². The summed E-state index contributed by atoms with van der Waals surface area (Å²) in [5.41, 5.74) is 0.736. The van der Waals surface area contributed by atoms with Crippen molar-refractivity contribution in [2.45, 2.75) is 24.3 Å². The maximum atomic E-state index is 13.2. The molecular formula is C23H27N3O7S. The van der Waals surface area contributed by atoms with Crippen LogP contribution in [0, 0.1) is 0 Å². The van der Waals surface area contributed by atoms with Crippen molar-refractivity contribution in [1.82, 2.24) is 9.21 Å². The summed E-state index contributed by atoms with van der Waals surface area (Å²) < 4.78 is 43.9. The first-order valence-corrected chi connectivity index (χ1v) is 12.3. The molecule has 0 aliphatic carbocycles. The van der Waals surface area contributed by atoms with E-state index in [1.54, 1.807) is 29.2 Å². The van der Waals surface area contributed by atoms with Gasteiger partial charge in [0.25, 0.3) is 11.8 Å². The number of ether oxygens (including phenoxy) is 3. The van der Waals surface area contributed by atoms with Crippen LogP contribution in [0.4, 0.5) is 5.69 Å². The lowest BCUT2D eigenvalue weighted by atomic mass is 10.1. The Morgan fingerprint density at radius 2 is 1.71 bits per heavy atom. The predicted molar refractivity (Wildman–Crippen MR) is 124 cm³/mol. The number of benzene rings is 2. The van der Waals surface area contributed by atoms with Crippen molar-refractivity contribution in [2.24, 2.45) is 0 Å². The van der Waals surface area contributed by atoms with Gasteiger partial charge in [-0.15, -0.1) is 0 Å². The number of hydrogen-bond donors (Lipinski definition) is 1. The Bertz CT molecular complexity index is 1180. The van der Waals surface area contributed by atoms with Gasteiger partial charge in [0.1, 0.15) is 17.2 Å². The summed E-state index contributed by atoms with van der Waals surface area (Å²) in [6.45, 7) is 2.60. The second kappa shape index (κ2) is 9.51. The smallest absolute Gasteiger partial charge is 0.265 e. The van der Waals surface area contributed by atoms with Crippen molar-refractivity contribution in [2.75, 3.05) is 45.7 Å². The Morgan fingerprint density at radius 3 is 2.29 bits per heavy atom. The second-order valence-electron chi connectivity index (χ2n) is 7.96. The van der Waals surface area contributed by atoms with Crippen LogP contribution >= 0.6 is 0 Å². The first-order valence-electron chi connectivity index (χ1n) is 10.9. The molecule has 2 aliphatic heterocycles. The molecule has 0 bridgehead atoms. The van der Waals surface area contributed by atoms with Gasteiger partial charge >= 0.3 is 0 Å². The van der Waals surface area contributed by atoms with Crippen LogP contribution in [0.25, 0.3) is 0 Å². The van der Waals surface area contributed by atoms with Crippen LogP contribution in [0.15, 0.2) is 41.3 Å². The maximum absolute atomic E-state index is 13.2. The Hall–Kier alpha value is -3.31. The van der Waals surface area contributed by atoms with Gasteiger partial charge in [-0.2, -0.15) is 4.31 Å². The number of amides is 2. The molecule has 2 aliphatic rings. The Morgan fingerprint density at radius 1 is 1.06 bits per heavy atom. The molecule has 182 valence electrons. The van der Waals surface area contributed by atoms with Crippen molar-refractivity contribution in [3.05, 3.63) is 42.0 Å². The maximum Gasteiger partial charge on any atom is 0.265 e. The number of piperazine rings is 1. The van der Waals surface area contributed by atoms with Crippen LogP contribution in [0.3, 0.4) is 0 Å². The monoisotopic (exact) mass is 489 g/mol. The molecule has 2 aromatic carbocycles. The van der Waals surface area contributed by atoms with Gasteiger partial charge in [-0.05, 0) is 36.8 Å².